The molecular weight excluding hydrogens is 326 g/mol. The van der Waals surface area contributed by atoms with Crippen LogP contribution in [0.15, 0.2) is 42.6 Å². The Balaban J connectivity index is 1.95. The molecule has 26 heavy (non-hydrogen) atoms. The zero-order valence-corrected chi connectivity index (χ0v) is 16.0. The van der Waals surface area contributed by atoms with Crippen molar-refractivity contribution in [2.24, 2.45) is 0 Å². The van der Waals surface area contributed by atoms with E-state index >= 15 is 0 Å². The van der Waals surface area contributed by atoms with Gasteiger partial charge in [0.15, 0.2) is 11.4 Å². The van der Waals surface area contributed by atoms with Gasteiger partial charge in [0.2, 0.25) is 0 Å². The molecule has 0 atom stereocenters. The van der Waals surface area contributed by atoms with Crippen LogP contribution in [0.4, 0.5) is 5.69 Å². The number of methoxy groups -OCH3 is 1. The maximum atomic E-state index is 12.9. The molecule has 1 aromatic carbocycles. The van der Waals surface area contributed by atoms with Crippen molar-refractivity contribution in [3.05, 3.63) is 59.5 Å². The number of amides is 1. The third kappa shape index (κ3) is 3.29. The topological polar surface area (TPSA) is 55.6 Å². The molecule has 0 spiro atoms. The minimum absolute atomic E-state index is 0.0795. The number of hydrogen-bond donors (Lipinski definition) is 1. The van der Waals surface area contributed by atoms with Gasteiger partial charge in [-0.05, 0) is 41.7 Å². The number of ether oxygens (including phenoxy) is 1. The van der Waals surface area contributed by atoms with Gasteiger partial charge in [-0.25, -0.2) is 4.98 Å². The van der Waals surface area contributed by atoms with Crippen molar-refractivity contribution in [2.45, 2.75) is 39.5 Å². The van der Waals surface area contributed by atoms with Crippen molar-refractivity contribution in [2.75, 3.05) is 12.4 Å². The summed E-state index contributed by atoms with van der Waals surface area (Å²) in [5.74, 6) is 0.474. The number of aromatic nitrogens is 2. The van der Waals surface area contributed by atoms with Gasteiger partial charge in [0.25, 0.3) is 5.91 Å². The second kappa shape index (κ2) is 6.83. The molecule has 0 unspecified atom stereocenters. The Morgan fingerprint density at radius 3 is 2.46 bits per heavy atom. The third-order valence-electron chi connectivity index (χ3n) is 4.47. The Morgan fingerprint density at radius 1 is 1.19 bits per heavy atom. The summed E-state index contributed by atoms with van der Waals surface area (Å²) in [4.78, 5) is 17.5. The van der Waals surface area contributed by atoms with Crippen molar-refractivity contribution >= 4 is 17.2 Å². The zero-order valence-electron chi connectivity index (χ0n) is 16.0. The molecule has 0 aliphatic rings. The van der Waals surface area contributed by atoms with Crippen LogP contribution in [0.25, 0.3) is 5.65 Å². The molecule has 0 aliphatic carbocycles. The number of pyridine rings is 1. The average molecular weight is 351 g/mol. The quantitative estimate of drug-likeness (QED) is 0.755. The fraction of sp³-hybridized carbons (Fsp3) is 0.333. The molecule has 2 heterocycles. The van der Waals surface area contributed by atoms with Gasteiger partial charge >= 0.3 is 0 Å². The number of nitrogens with one attached hydrogen (secondary N) is 1. The molecule has 5 heteroatoms. The van der Waals surface area contributed by atoms with Crippen molar-refractivity contribution in [1.82, 2.24) is 9.38 Å². The van der Waals surface area contributed by atoms with E-state index in [0.717, 1.165) is 11.4 Å². The maximum Gasteiger partial charge on any atom is 0.274 e. The molecular formula is C21H25N3O2. The summed E-state index contributed by atoms with van der Waals surface area (Å²) in [6.07, 6.45) is 2.50. The van der Waals surface area contributed by atoms with Gasteiger partial charge in [0, 0.05) is 11.9 Å². The highest BCUT2D eigenvalue weighted by Gasteiger charge is 2.20. The van der Waals surface area contributed by atoms with Crippen LogP contribution in [0.3, 0.4) is 0 Å². The van der Waals surface area contributed by atoms with Crippen molar-refractivity contribution in [1.29, 1.82) is 0 Å². The van der Waals surface area contributed by atoms with Gasteiger partial charge in [-0.1, -0.05) is 39.8 Å². The van der Waals surface area contributed by atoms with Gasteiger partial charge in [-0.15, -0.1) is 0 Å². The molecule has 0 radical (unpaired) electrons. The summed E-state index contributed by atoms with van der Waals surface area (Å²) in [7, 11) is 1.60. The summed E-state index contributed by atoms with van der Waals surface area (Å²) < 4.78 is 7.16. The van der Waals surface area contributed by atoms with Crippen LogP contribution in [0.1, 0.15) is 49.4 Å². The third-order valence-corrected chi connectivity index (χ3v) is 4.47. The second-order valence-corrected chi connectivity index (χ2v) is 7.31. The largest absolute Gasteiger partial charge is 0.493 e. The van der Waals surface area contributed by atoms with Crippen LogP contribution in [-0.2, 0) is 11.8 Å². The highest BCUT2D eigenvalue weighted by Crippen LogP contribution is 2.25. The summed E-state index contributed by atoms with van der Waals surface area (Å²) >= 11 is 0. The van der Waals surface area contributed by atoms with Crippen molar-refractivity contribution in [3.63, 3.8) is 0 Å². The van der Waals surface area contributed by atoms with E-state index in [9.17, 15) is 4.79 Å². The number of carbonyl (C=O) groups excluding carboxylic acids is 1. The number of imidazole rings is 1. The minimum Gasteiger partial charge on any atom is -0.493 e. The van der Waals surface area contributed by atoms with E-state index in [1.165, 1.54) is 5.56 Å². The van der Waals surface area contributed by atoms with Crippen LogP contribution in [0.5, 0.6) is 5.75 Å². The average Bonchev–Trinajstić information content (AvgIpc) is 3.00. The number of fused-ring (bicyclic) bond motifs is 1. The molecule has 1 N–H and O–H groups in total. The number of anilines is 1. The Hall–Kier alpha value is -2.82. The molecule has 0 aliphatic heterocycles. The minimum atomic E-state index is -0.175. The number of rotatable bonds is 4. The Bertz CT molecular complexity index is 934. The lowest BCUT2D eigenvalue weighted by Gasteiger charge is -2.19. The van der Waals surface area contributed by atoms with Crippen LogP contribution in [0.2, 0.25) is 0 Å². The number of hydrogen-bond acceptors (Lipinski definition) is 3. The normalized spacial score (nSPS) is 11.6. The van der Waals surface area contributed by atoms with E-state index in [2.05, 4.69) is 31.1 Å². The predicted molar refractivity (Wildman–Crippen MR) is 104 cm³/mol. The lowest BCUT2D eigenvalue weighted by atomic mass is 9.87. The first kappa shape index (κ1) is 18.0. The Kier molecular flexibility index (Phi) is 4.72. The predicted octanol–water partition coefficient (Wildman–Crippen LogP) is 4.46. The van der Waals surface area contributed by atoms with Gasteiger partial charge in [-0.3, -0.25) is 9.20 Å². The first-order valence-electron chi connectivity index (χ1n) is 8.81. The zero-order chi connectivity index (χ0) is 18.9. The highest BCUT2D eigenvalue weighted by molar-refractivity contribution is 6.04. The molecule has 136 valence electrons. The van der Waals surface area contributed by atoms with Crippen LogP contribution >= 0.6 is 0 Å². The van der Waals surface area contributed by atoms with E-state index < -0.39 is 0 Å². The molecule has 0 bridgehead atoms. The van der Waals surface area contributed by atoms with E-state index in [-0.39, 0.29) is 11.3 Å². The van der Waals surface area contributed by atoms with Crippen LogP contribution in [0, 0.1) is 0 Å². The molecule has 3 aromatic rings. The molecule has 5 nitrogen and oxygen atoms in total. The molecule has 3 rings (SSSR count). The highest BCUT2D eigenvalue weighted by atomic mass is 16.5. The fourth-order valence-corrected chi connectivity index (χ4v) is 2.98. The summed E-state index contributed by atoms with van der Waals surface area (Å²) in [5.41, 5.74) is 4.02. The van der Waals surface area contributed by atoms with Crippen LogP contribution < -0.4 is 10.1 Å². The molecule has 0 saturated carbocycles. The van der Waals surface area contributed by atoms with Crippen molar-refractivity contribution in [3.8, 4) is 5.75 Å². The number of aryl methyl sites for hydroxylation is 1. The molecule has 0 saturated heterocycles. The van der Waals surface area contributed by atoms with E-state index in [0.29, 0.717) is 23.5 Å². The second-order valence-electron chi connectivity index (χ2n) is 7.31. The lowest BCUT2D eigenvalue weighted by molar-refractivity contribution is 0.102. The number of carbonyl (C=O) groups is 1. The standard InChI is InChI=1S/C21H25N3O2/c1-6-16-18(24-13-7-8-17(26-5)19(24)23-16)20(25)22-15-11-9-14(10-12-15)21(2,3)4/h7-13H,6H2,1-5H3,(H,22,25). The van der Waals surface area contributed by atoms with E-state index in [1.807, 2.05) is 49.5 Å². The molecule has 0 fully saturated rings. The number of nitrogens with zero attached hydrogens (tertiary/aromatic N) is 2. The van der Waals surface area contributed by atoms with E-state index in [4.69, 9.17) is 4.74 Å². The van der Waals surface area contributed by atoms with Gasteiger partial charge in [0.05, 0.1) is 12.8 Å². The molecule has 2 aromatic heterocycles. The maximum absolute atomic E-state index is 12.9. The summed E-state index contributed by atoms with van der Waals surface area (Å²) in [6.45, 7) is 8.49. The summed E-state index contributed by atoms with van der Waals surface area (Å²) in [5, 5.41) is 2.99. The monoisotopic (exact) mass is 351 g/mol. The van der Waals surface area contributed by atoms with Gasteiger partial charge < -0.3 is 10.1 Å². The smallest absolute Gasteiger partial charge is 0.274 e. The number of benzene rings is 1. The SMILES string of the molecule is CCc1nc2c(OC)cccn2c1C(=O)Nc1ccc(C(C)(C)C)cc1. The lowest BCUT2D eigenvalue weighted by Crippen LogP contribution is -2.17. The van der Waals surface area contributed by atoms with Gasteiger partial charge in [0.1, 0.15) is 5.69 Å². The fourth-order valence-electron chi connectivity index (χ4n) is 2.98. The van der Waals surface area contributed by atoms with Crippen LogP contribution in [-0.4, -0.2) is 22.4 Å². The molecule has 1 amide bonds. The van der Waals surface area contributed by atoms with Crippen molar-refractivity contribution < 1.29 is 9.53 Å². The van der Waals surface area contributed by atoms with Gasteiger partial charge in [-0.2, -0.15) is 0 Å². The van der Waals surface area contributed by atoms with E-state index in [1.54, 1.807) is 11.5 Å². The first-order valence-corrected chi connectivity index (χ1v) is 8.81. The Labute approximate surface area is 154 Å². The summed E-state index contributed by atoms with van der Waals surface area (Å²) in [6, 6.07) is 11.7. The first-order chi connectivity index (χ1) is 12.3. The Morgan fingerprint density at radius 2 is 1.88 bits per heavy atom.